The maximum atomic E-state index is 13.1. The molecule has 0 aromatic heterocycles. The minimum Gasteiger partial charge on any atom is -0.492 e. The molecule has 1 N–H and O–H groups in total. The molecular formula is C21H22N2O3. The van der Waals surface area contributed by atoms with Crippen LogP contribution in [-0.2, 0) is 16.8 Å². The van der Waals surface area contributed by atoms with Crippen molar-refractivity contribution in [3.8, 4) is 5.75 Å². The number of carbonyl (C=O) groups excluding carboxylic acids is 2. The molecule has 134 valence electrons. The van der Waals surface area contributed by atoms with Gasteiger partial charge in [-0.1, -0.05) is 42.0 Å². The number of rotatable bonds is 4. The molecule has 2 aromatic carbocycles. The van der Waals surface area contributed by atoms with Crippen molar-refractivity contribution in [2.24, 2.45) is 0 Å². The smallest absolute Gasteiger partial charge is 0.325 e. The zero-order valence-corrected chi connectivity index (χ0v) is 14.8. The van der Waals surface area contributed by atoms with Gasteiger partial charge in [-0.2, -0.15) is 0 Å². The summed E-state index contributed by atoms with van der Waals surface area (Å²) >= 11 is 0. The number of nitrogens with one attached hydrogen (secondary N) is 1. The summed E-state index contributed by atoms with van der Waals surface area (Å²) in [5, 5.41) is 2.96. The van der Waals surface area contributed by atoms with Gasteiger partial charge >= 0.3 is 6.03 Å². The summed E-state index contributed by atoms with van der Waals surface area (Å²) in [5.41, 5.74) is 2.33. The number of carbonyl (C=O) groups is 2. The first-order valence-corrected chi connectivity index (χ1v) is 9.02. The maximum absolute atomic E-state index is 13.1. The fraction of sp³-hybridized carbons (Fsp3) is 0.333. The van der Waals surface area contributed by atoms with Gasteiger partial charge in [0.25, 0.3) is 5.91 Å². The fourth-order valence-electron chi connectivity index (χ4n) is 3.90. The van der Waals surface area contributed by atoms with Crippen LogP contribution in [0.1, 0.15) is 29.5 Å². The third-order valence-electron chi connectivity index (χ3n) is 5.26. The van der Waals surface area contributed by atoms with E-state index in [1.165, 1.54) is 4.90 Å². The van der Waals surface area contributed by atoms with Crippen LogP contribution < -0.4 is 10.1 Å². The van der Waals surface area contributed by atoms with Crippen LogP contribution in [0.4, 0.5) is 4.79 Å². The van der Waals surface area contributed by atoms with Crippen molar-refractivity contribution in [3.63, 3.8) is 0 Å². The van der Waals surface area contributed by atoms with Crippen molar-refractivity contribution < 1.29 is 14.3 Å². The Bertz CT molecular complexity index is 847. The van der Waals surface area contributed by atoms with Gasteiger partial charge in [-0.05, 0) is 49.4 Å². The molecule has 1 atom stereocenters. The lowest BCUT2D eigenvalue weighted by Gasteiger charge is -2.33. The third kappa shape index (κ3) is 2.73. The van der Waals surface area contributed by atoms with Crippen molar-refractivity contribution in [1.82, 2.24) is 10.2 Å². The minimum absolute atomic E-state index is 0.165. The monoisotopic (exact) mass is 350 g/mol. The molecule has 1 spiro atoms. The Kier molecular flexibility index (Phi) is 4.15. The highest BCUT2D eigenvalue weighted by molar-refractivity contribution is 6.07. The van der Waals surface area contributed by atoms with E-state index < -0.39 is 5.54 Å². The number of ether oxygens (including phenoxy) is 1. The van der Waals surface area contributed by atoms with E-state index in [-0.39, 0.29) is 25.1 Å². The van der Waals surface area contributed by atoms with E-state index in [1.807, 2.05) is 55.5 Å². The number of amides is 3. The number of benzene rings is 2. The second-order valence-corrected chi connectivity index (χ2v) is 6.96. The van der Waals surface area contributed by atoms with Crippen LogP contribution in [0.5, 0.6) is 5.75 Å². The fourth-order valence-corrected chi connectivity index (χ4v) is 3.90. The summed E-state index contributed by atoms with van der Waals surface area (Å²) in [5.74, 6) is 0.572. The van der Waals surface area contributed by atoms with Crippen LogP contribution >= 0.6 is 0 Å². The molecule has 1 fully saturated rings. The van der Waals surface area contributed by atoms with E-state index in [0.717, 1.165) is 35.3 Å². The summed E-state index contributed by atoms with van der Waals surface area (Å²) in [6.45, 7) is 2.53. The maximum Gasteiger partial charge on any atom is 0.325 e. The zero-order chi connectivity index (χ0) is 18.1. The van der Waals surface area contributed by atoms with Crippen molar-refractivity contribution in [1.29, 1.82) is 0 Å². The van der Waals surface area contributed by atoms with Crippen LogP contribution in [0.2, 0.25) is 0 Å². The van der Waals surface area contributed by atoms with E-state index in [9.17, 15) is 9.59 Å². The summed E-state index contributed by atoms with van der Waals surface area (Å²) < 4.78 is 5.69. The SMILES string of the molecule is Cc1ccc(OCCN2C(=O)NC3(CCCc4ccccc43)C2=O)cc1. The molecular weight excluding hydrogens is 328 g/mol. The summed E-state index contributed by atoms with van der Waals surface area (Å²) in [4.78, 5) is 26.9. The molecule has 26 heavy (non-hydrogen) atoms. The molecule has 1 aliphatic carbocycles. The molecule has 1 unspecified atom stereocenters. The normalized spacial score (nSPS) is 21.7. The van der Waals surface area contributed by atoms with Gasteiger partial charge in [0.2, 0.25) is 0 Å². The zero-order valence-electron chi connectivity index (χ0n) is 14.8. The van der Waals surface area contributed by atoms with Gasteiger partial charge in [-0.25, -0.2) is 4.79 Å². The number of aryl methyl sites for hydroxylation is 2. The number of imide groups is 1. The number of urea groups is 1. The molecule has 3 amide bonds. The highest BCUT2D eigenvalue weighted by atomic mass is 16.5. The van der Waals surface area contributed by atoms with Gasteiger partial charge in [0.15, 0.2) is 0 Å². The number of hydrogen-bond acceptors (Lipinski definition) is 3. The Balaban J connectivity index is 1.49. The average Bonchev–Trinajstić information content (AvgIpc) is 2.88. The van der Waals surface area contributed by atoms with Crippen molar-refractivity contribution in [3.05, 3.63) is 65.2 Å². The van der Waals surface area contributed by atoms with Gasteiger partial charge < -0.3 is 10.1 Å². The lowest BCUT2D eigenvalue weighted by molar-refractivity contribution is -0.132. The Labute approximate surface area is 153 Å². The molecule has 0 bridgehead atoms. The Morgan fingerprint density at radius 2 is 1.88 bits per heavy atom. The molecule has 2 aliphatic rings. The van der Waals surface area contributed by atoms with Crippen molar-refractivity contribution in [2.75, 3.05) is 13.2 Å². The van der Waals surface area contributed by atoms with Crippen molar-refractivity contribution >= 4 is 11.9 Å². The van der Waals surface area contributed by atoms with E-state index in [0.29, 0.717) is 6.42 Å². The Hall–Kier alpha value is -2.82. The summed E-state index contributed by atoms with van der Waals surface area (Å²) in [6.07, 6.45) is 2.47. The Morgan fingerprint density at radius 1 is 1.12 bits per heavy atom. The molecule has 4 rings (SSSR count). The minimum atomic E-state index is -0.907. The molecule has 0 radical (unpaired) electrons. The molecule has 5 nitrogen and oxygen atoms in total. The number of nitrogens with zero attached hydrogens (tertiary/aromatic N) is 1. The first-order chi connectivity index (χ1) is 12.6. The van der Waals surface area contributed by atoms with E-state index in [4.69, 9.17) is 4.74 Å². The number of fused-ring (bicyclic) bond motifs is 2. The molecule has 0 saturated carbocycles. The highest BCUT2D eigenvalue weighted by Crippen LogP contribution is 2.39. The van der Waals surface area contributed by atoms with E-state index >= 15 is 0 Å². The highest BCUT2D eigenvalue weighted by Gasteiger charge is 2.53. The second kappa shape index (κ2) is 6.48. The molecule has 1 heterocycles. The lowest BCUT2D eigenvalue weighted by Crippen LogP contribution is -2.46. The van der Waals surface area contributed by atoms with Gasteiger partial charge in [0.1, 0.15) is 17.9 Å². The largest absolute Gasteiger partial charge is 0.492 e. The van der Waals surface area contributed by atoms with E-state index in [1.54, 1.807) is 0 Å². The first kappa shape index (κ1) is 16.6. The van der Waals surface area contributed by atoms with E-state index in [2.05, 4.69) is 5.32 Å². The quantitative estimate of drug-likeness (QED) is 0.862. The standard InChI is InChI=1S/C21H22N2O3/c1-15-8-10-17(11-9-15)26-14-13-23-19(24)21(22-20(23)25)12-4-6-16-5-2-3-7-18(16)21/h2-3,5,7-11H,4,6,12-14H2,1H3,(H,22,25). The molecule has 5 heteroatoms. The predicted octanol–water partition coefficient (Wildman–Crippen LogP) is 3.16. The van der Waals surface area contributed by atoms with Crippen molar-refractivity contribution in [2.45, 2.75) is 31.7 Å². The van der Waals surface area contributed by atoms with Gasteiger partial charge in [-0.15, -0.1) is 0 Å². The predicted molar refractivity (Wildman–Crippen MR) is 98.0 cm³/mol. The summed E-state index contributed by atoms with van der Waals surface area (Å²) in [6, 6.07) is 15.3. The topological polar surface area (TPSA) is 58.6 Å². The third-order valence-corrected chi connectivity index (χ3v) is 5.26. The number of hydrogen-bond donors (Lipinski definition) is 1. The van der Waals surface area contributed by atoms with Crippen LogP contribution in [0, 0.1) is 6.92 Å². The van der Waals surface area contributed by atoms with Crippen LogP contribution in [-0.4, -0.2) is 30.0 Å². The average molecular weight is 350 g/mol. The van der Waals surface area contributed by atoms with Crippen LogP contribution in [0.25, 0.3) is 0 Å². The molecule has 2 aromatic rings. The van der Waals surface area contributed by atoms with Gasteiger partial charge in [0, 0.05) is 0 Å². The lowest BCUT2D eigenvalue weighted by atomic mass is 9.76. The van der Waals surface area contributed by atoms with Gasteiger partial charge in [-0.3, -0.25) is 9.69 Å². The molecule has 1 aliphatic heterocycles. The van der Waals surface area contributed by atoms with Crippen LogP contribution in [0.15, 0.2) is 48.5 Å². The molecule has 1 saturated heterocycles. The summed E-state index contributed by atoms with van der Waals surface area (Å²) in [7, 11) is 0. The second-order valence-electron chi connectivity index (χ2n) is 6.96. The van der Waals surface area contributed by atoms with Gasteiger partial charge in [0.05, 0.1) is 6.54 Å². The Morgan fingerprint density at radius 3 is 2.69 bits per heavy atom. The first-order valence-electron chi connectivity index (χ1n) is 9.02. The van der Waals surface area contributed by atoms with Crippen LogP contribution in [0.3, 0.4) is 0 Å².